The third kappa shape index (κ3) is 1.91. The Morgan fingerprint density at radius 2 is 2.36 bits per heavy atom. The van der Waals surface area contributed by atoms with Gasteiger partial charge >= 0.3 is 5.97 Å². The zero-order chi connectivity index (χ0) is 9.97. The first kappa shape index (κ1) is 9.93. The number of hydrogen-bond donors (Lipinski definition) is 1. The van der Waals surface area contributed by atoms with Crippen molar-refractivity contribution in [1.82, 2.24) is 10.2 Å². The number of piperazine rings is 1. The van der Waals surface area contributed by atoms with E-state index in [1.54, 1.807) is 0 Å². The Morgan fingerprint density at radius 3 is 3.14 bits per heavy atom. The van der Waals surface area contributed by atoms with Crippen molar-refractivity contribution in [1.29, 1.82) is 0 Å². The van der Waals surface area contributed by atoms with Crippen molar-refractivity contribution in [2.45, 2.75) is 31.3 Å². The molecule has 2 aliphatic heterocycles. The van der Waals surface area contributed by atoms with Gasteiger partial charge in [0, 0.05) is 19.1 Å². The average Bonchev–Trinajstić information content (AvgIpc) is 2.27. The number of esters is 1. The number of nitrogens with one attached hydrogen (secondary N) is 1. The first-order valence-electron chi connectivity index (χ1n) is 5.36. The Hall–Kier alpha value is -0.610. The molecule has 2 heterocycles. The van der Waals surface area contributed by atoms with Crippen molar-refractivity contribution in [3.63, 3.8) is 0 Å². The highest BCUT2D eigenvalue weighted by molar-refractivity contribution is 5.76. The van der Waals surface area contributed by atoms with Crippen molar-refractivity contribution < 1.29 is 9.53 Å². The third-order valence-electron chi connectivity index (χ3n) is 3.25. The van der Waals surface area contributed by atoms with Gasteiger partial charge < -0.3 is 10.1 Å². The minimum atomic E-state index is -0.131. The van der Waals surface area contributed by atoms with Crippen LogP contribution in [0.1, 0.15) is 19.3 Å². The van der Waals surface area contributed by atoms with Crippen LogP contribution in [0.4, 0.5) is 0 Å². The molecule has 2 fully saturated rings. The molecule has 0 bridgehead atoms. The molecule has 2 saturated heterocycles. The van der Waals surface area contributed by atoms with Gasteiger partial charge in [-0.3, -0.25) is 9.69 Å². The van der Waals surface area contributed by atoms with E-state index in [9.17, 15) is 4.79 Å². The van der Waals surface area contributed by atoms with E-state index in [-0.39, 0.29) is 12.0 Å². The van der Waals surface area contributed by atoms with E-state index in [2.05, 4.69) is 10.2 Å². The van der Waals surface area contributed by atoms with Crippen molar-refractivity contribution in [2.75, 3.05) is 26.7 Å². The summed E-state index contributed by atoms with van der Waals surface area (Å²) in [6.07, 6.45) is 3.86. The fraction of sp³-hybridized carbons (Fsp3) is 0.900. The zero-order valence-electron chi connectivity index (χ0n) is 8.66. The number of piperidine rings is 1. The Morgan fingerprint density at radius 1 is 1.50 bits per heavy atom. The molecule has 4 heteroatoms. The normalized spacial score (nSPS) is 33.5. The Bertz CT molecular complexity index is 220. The maximum atomic E-state index is 11.3. The fourth-order valence-electron chi connectivity index (χ4n) is 2.41. The van der Waals surface area contributed by atoms with E-state index < -0.39 is 0 Å². The molecule has 0 aromatic carbocycles. The summed E-state index contributed by atoms with van der Waals surface area (Å²) in [6, 6.07) is 0.527. The molecule has 0 spiro atoms. The number of hydrogen-bond acceptors (Lipinski definition) is 4. The van der Waals surface area contributed by atoms with Gasteiger partial charge in [0.1, 0.15) is 6.04 Å². The van der Waals surface area contributed by atoms with Crippen LogP contribution >= 0.6 is 0 Å². The Kier molecular flexibility index (Phi) is 3.03. The largest absolute Gasteiger partial charge is 0.468 e. The minimum Gasteiger partial charge on any atom is -0.468 e. The van der Waals surface area contributed by atoms with Gasteiger partial charge in [0.15, 0.2) is 0 Å². The van der Waals surface area contributed by atoms with E-state index >= 15 is 0 Å². The maximum Gasteiger partial charge on any atom is 0.324 e. The summed E-state index contributed by atoms with van der Waals surface area (Å²) >= 11 is 0. The monoisotopic (exact) mass is 198 g/mol. The van der Waals surface area contributed by atoms with Crippen LogP contribution in [0.2, 0.25) is 0 Å². The van der Waals surface area contributed by atoms with Crippen LogP contribution in [-0.2, 0) is 9.53 Å². The summed E-state index contributed by atoms with van der Waals surface area (Å²) in [6.45, 7) is 2.89. The van der Waals surface area contributed by atoms with Crippen LogP contribution in [0.25, 0.3) is 0 Å². The average molecular weight is 198 g/mol. The van der Waals surface area contributed by atoms with E-state index in [4.69, 9.17) is 4.74 Å². The van der Waals surface area contributed by atoms with Crippen LogP contribution < -0.4 is 5.32 Å². The van der Waals surface area contributed by atoms with Crippen LogP contribution in [0.15, 0.2) is 0 Å². The number of carbonyl (C=O) groups is 1. The third-order valence-corrected chi connectivity index (χ3v) is 3.25. The molecule has 0 aliphatic carbocycles. The number of methoxy groups -OCH3 is 1. The Balaban J connectivity index is 1.92. The summed E-state index contributed by atoms with van der Waals surface area (Å²) < 4.78 is 4.74. The maximum absolute atomic E-state index is 11.3. The SMILES string of the molecule is COC(=O)C1CN2CCCCC2CN1. The second-order valence-electron chi connectivity index (χ2n) is 4.13. The molecule has 0 amide bonds. The van der Waals surface area contributed by atoms with Gasteiger partial charge in [0.2, 0.25) is 0 Å². The lowest BCUT2D eigenvalue weighted by Gasteiger charge is -2.42. The highest BCUT2D eigenvalue weighted by Gasteiger charge is 2.33. The lowest BCUT2D eigenvalue weighted by atomic mass is 9.98. The molecule has 0 saturated carbocycles. The lowest BCUT2D eigenvalue weighted by Crippen LogP contribution is -2.60. The predicted molar refractivity (Wildman–Crippen MR) is 53.0 cm³/mol. The second-order valence-corrected chi connectivity index (χ2v) is 4.13. The van der Waals surface area contributed by atoms with Crippen LogP contribution in [0, 0.1) is 0 Å². The Labute approximate surface area is 84.6 Å². The molecule has 4 nitrogen and oxygen atoms in total. The molecule has 2 atom stereocenters. The lowest BCUT2D eigenvalue weighted by molar-refractivity contribution is -0.145. The number of fused-ring (bicyclic) bond motifs is 1. The minimum absolute atomic E-state index is 0.116. The summed E-state index contributed by atoms with van der Waals surface area (Å²) in [7, 11) is 1.45. The van der Waals surface area contributed by atoms with Gasteiger partial charge in [-0.2, -0.15) is 0 Å². The zero-order valence-corrected chi connectivity index (χ0v) is 8.66. The first-order valence-corrected chi connectivity index (χ1v) is 5.36. The fourth-order valence-corrected chi connectivity index (χ4v) is 2.41. The summed E-state index contributed by atoms with van der Waals surface area (Å²) in [5, 5.41) is 3.25. The first-order chi connectivity index (χ1) is 6.81. The molecule has 0 aromatic rings. The summed E-state index contributed by atoms with van der Waals surface area (Å²) in [5.74, 6) is -0.131. The van der Waals surface area contributed by atoms with Crippen LogP contribution in [0.5, 0.6) is 0 Å². The van der Waals surface area contributed by atoms with Crippen molar-refractivity contribution in [2.24, 2.45) is 0 Å². The van der Waals surface area contributed by atoms with Gasteiger partial charge in [-0.15, -0.1) is 0 Å². The second kappa shape index (κ2) is 4.28. The van der Waals surface area contributed by atoms with E-state index in [1.165, 1.54) is 26.4 Å². The molecule has 0 aromatic heterocycles. The summed E-state index contributed by atoms with van der Waals surface area (Å²) in [5.41, 5.74) is 0. The highest BCUT2D eigenvalue weighted by atomic mass is 16.5. The van der Waals surface area contributed by atoms with Gasteiger partial charge in [-0.1, -0.05) is 6.42 Å². The quantitative estimate of drug-likeness (QED) is 0.602. The predicted octanol–water partition coefficient (Wildman–Crippen LogP) is -0.0143. The molecule has 80 valence electrons. The summed E-state index contributed by atoms with van der Waals surface area (Å²) in [4.78, 5) is 13.7. The molecule has 2 unspecified atom stereocenters. The number of nitrogens with zero attached hydrogens (tertiary/aromatic N) is 1. The molecular formula is C10H18N2O2. The van der Waals surface area contributed by atoms with Gasteiger partial charge in [0.05, 0.1) is 7.11 Å². The van der Waals surface area contributed by atoms with Crippen LogP contribution in [-0.4, -0.2) is 49.7 Å². The molecular weight excluding hydrogens is 180 g/mol. The van der Waals surface area contributed by atoms with Gasteiger partial charge in [0.25, 0.3) is 0 Å². The molecule has 0 radical (unpaired) electrons. The van der Waals surface area contributed by atoms with Crippen LogP contribution in [0.3, 0.4) is 0 Å². The number of carbonyl (C=O) groups excluding carboxylic acids is 1. The van der Waals surface area contributed by atoms with Crippen molar-refractivity contribution in [3.8, 4) is 0 Å². The van der Waals surface area contributed by atoms with Gasteiger partial charge in [-0.25, -0.2) is 0 Å². The van der Waals surface area contributed by atoms with Crippen molar-refractivity contribution in [3.05, 3.63) is 0 Å². The molecule has 2 aliphatic rings. The molecule has 14 heavy (non-hydrogen) atoms. The standard InChI is InChI=1S/C10H18N2O2/c1-14-10(13)9-7-12-5-3-2-4-8(12)6-11-9/h8-9,11H,2-7H2,1H3. The van der Waals surface area contributed by atoms with Gasteiger partial charge in [-0.05, 0) is 19.4 Å². The van der Waals surface area contributed by atoms with Crippen molar-refractivity contribution >= 4 is 5.97 Å². The number of rotatable bonds is 1. The molecule has 2 rings (SSSR count). The number of ether oxygens (including phenoxy) is 1. The van der Waals surface area contributed by atoms with E-state index in [1.807, 2.05) is 0 Å². The van der Waals surface area contributed by atoms with E-state index in [0.717, 1.165) is 19.6 Å². The topological polar surface area (TPSA) is 41.6 Å². The smallest absolute Gasteiger partial charge is 0.324 e. The molecule has 1 N–H and O–H groups in total. The highest BCUT2D eigenvalue weighted by Crippen LogP contribution is 2.19. The van der Waals surface area contributed by atoms with E-state index in [0.29, 0.717) is 6.04 Å².